The highest BCUT2D eigenvalue weighted by Crippen LogP contribution is 2.29. The fraction of sp³-hybridized carbons (Fsp3) is 0.182. The summed E-state index contributed by atoms with van der Waals surface area (Å²) in [5.74, 6) is 0.493. The quantitative estimate of drug-likeness (QED) is 0.695. The second-order valence-corrected chi connectivity index (χ2v) is 4.23. The van der Waals surface area contributed by atoms with Crippen LogP contribution in [0.3, 0.4) is 0 Å². The Labute approximate surface area is 105 Å². The van der Waals surface area contributed by atoms with Gasteiger partial charge in [0, 0.05) is 24.6 Å². The summed E-state index contributed by atoms with van der Waals surface area (Å²) >= 11 is 3.34. The van der Waals surface area contributed by atoms with E-state index in [2.05, 4.69) is 15.9 Å². The molecule has 0 saturated carbocycles. The second-order valence-electron chi connectivity index (χ2n) is 3.38. The number of methoxy groups -OCH3 is 1. The Bertz CT molecular complexity index is 608. The van der Waals surface area contributed by atoms with Crippen LogP contribution in [0.5, 0.6) is 5.75 Å². The minimum atomic E-state index is -0.488. The van der Waals surface area contributed by atoms with Crippen molar-refractivity contribution in [3.8, 4) is 5.75 Å². The number of fused-ring (bicyclic) bond motifs is 1. The molecule has 90 valence electrons. The molecule has 0 bridgehead atoms. The lowest BCUT2D eigenvalue weighted by atomic mass is 10.2. The minimum absolute atomic E-state index is 0.0899. The van der Waals surface area contributed by atoms with Crippen molar-refractivity contribution < 1.29 is 14.7 Å². The second kappa shape index (κ2) is 4.77. The summed E-state index contributed by atoms with van der Waals surface area (Å²) in [4.78, 5) is 11.3. The molecule has 5 nitrogen and oxygen atoms in total. The number of hydrogen-bond acceptors (Lipinski definition) is 4. The van der Waals surface area contributed by atoms with Gasteiger partial charge in [-0.15, -0.1) is 4.73 Å². The van der Waals surface area contributed by atoms with Gasteiger partial charge in [0.25, 0.3) is 5.56 Å². The van der Waals surface area contributed by atoms with Gasteiger partial charge >= 0.3 is 0 Å². The normalized spacial score (nSPS) is 10.7. The van der Waals surface area contributed by atoms with Gasteiger partial charge in [0.2, 0.25) is 0 Å². The van der Waals surface area contributed by atoms with Gasteiger partial charge in [-0.05, 0) is 28.1 Å². The molecule has 1 N–H and O–H groups in total. The number of ether oxygens (including phenoxy) is 2. The summed E-state index contributed by atoms with van der Waals surface area (Å²) in [5.41, 5.74) is -0.107. The van der Waals surface area contributed by atoms with E-state index in [1.165, 1.54) is 13.2 Å². The van der Waals surface area contributed by atoms with E-state index < -0.39 is 5.56 Å². The molecule has 0 aliphatic rings. The first-order valence-corrected chi connectivity index (χ1v) is 5.59. The SMILES string of the molecule is COCOc1cc2c(ccc(=O)n2O)cc1Br. The number of hydrogen-bond donors (Lipinski definition) is 1. The number of rotatable bonds is 3. The molecule has 0 aliphatic heterocycles. The standard InChI is InChI=1S/C11H10BrNO4/c1-16-6-17-10-5-9-7(4-8(10)12)2-3-11(14)13(9)15/h2-5,15H,6H2,1H3. The molecular weight excluding hydrogens is 290 g/mol. The van der Waals surface area contributed by atoms with E-state index in [1.54, 1.807) is 18.2 Å². The first kappa shape index (κ1) is 11.9. The number of benzene rings is 1. The Morgan fingerprint density at radius 1 is 1.41 bits per heavy atom. The fourth-order valence-electron chi connectivity index (χ4n) is 1.46. The number of nitrogens with zero attached hydrogens (tertiary/aromatic N) is 1. The minimum Gasteiger partial charge on any atom is -0.466 e. The lowest BCUT2D eigenvalue weighted by molar-refractivity contribution is 0.0506. The maximum absolute atomic E-state index is 11.3. The largest absolute Gasteiger partial charge is 0.466 e. The third kappa shape index (κ3) is 2.27. The summed E-state index contributed by atoms with van der Waals surface area (Å²) in [6.45, 7) is 0.0899. The smallest absolute Gasteiger partial charge is 0.283 e. The molecule has 2 rings (SSSR count). The third-order valence-corrected chi connectivity index (χ3v) is 2.88. The van der Waals surface area contributed by atoms with Crippen molar-refractivity contribution in [1.82, 2.24) is 4.73 Å². The van der Waals surface area contributed by atoms with Crippen molar-refractivity contribution >= 4 is 26.8 Å². The summed E-state index contributed by atoms with van der Waals surface area (Å²) in [7, 11) is 1.51. The first-order chi connectivity index (χ1) is 8.13. The van der Waals surface area contributed by atoms with Gasteiger partial charge in [0.15, 0.2) is 6.79 Å². The van der Waals surface area contributed by atoms with Crippen LogP contribution in [0.4, 0.5) is 0 Å². The van der Waals surface area contributed by atoms with Gasteiger partial charge in [0.05, 0.1) is 9.99 Å². The lowest BCUT2D eigenvalue weighted by Gasteiger charge is -2.09. The zero-order valence-corrected chi connectivity index (χ0v) is 10.6. The third-order valence-electron chi connectivity index (χ3n) is 2.26. The van der Waals surface area contributed by atoms with Crippen LogP contribution in [0.25, 0.3) is 10.9 Å². The maximum Gasteiger partial charge on any atom is 0.283 e. The highest BCUT2D eigenvalue weighted by atomic mass is 79.9. The van der Waals surface area contributed by atoms with Crippen LogP contribution >= 0.6 is 15.9 Å². The Morgan fingerprint density at radius 3 is 2.88 bits per heavy atom. The number of pyridine rings is 1. The molecule has 0 unspecified atom stereocenters. The van der Waals surface area contributed by atoms with E-state index in [-0.39, 0.29) is 6.79 Å². The molecule has 6 heteroatoms. The molecule has 2 aromatic rings. The van der Waals surface area contributed by atoms with E-state index in [0.717, 1.165) is 9.86 Å². The van der Waals surface area contributed by atoms with Gasteiger partial charge < -0.3 is 14.7 Å². The van der Waals surface area contributed by atoms with Crippen LogP contribution in [0.15, 0.2) is 33.5 Å². The van der Waals surface area contributed by atoms with Gasteiger partial charge in [-0.1, -0.05) is 0 Å². The molecule has 0 radical (unpaired) electrons. The summed E-state index contributed by atoms with van der Waals surface area (Å²) in [6.07, 6.45) is 0. The Morgan fingerprint density at radius 2 is 2.18 bits per heavy atom. The Balaban J connectivity index is 2.60. The van der Waals surface area contributed by atoms with Crippen LogP contribution in [0.2, 0.25) is 0 Å². The summed E-state index contributed by atoms with van der Waals surface area (Å²) in [6, 6.07) is 6.26. The van der Waals surface area contributed by atoms with Crippen molar-refractivity contribution in [2.24, 2.45) is 0 Å². The molecule has 1 aromatic heterocycles. The van der Waals surface area contributed by atoms with Crippen molar-refractivity contribution in [1.29, 1.82) is 0 Å². The van der Waals surface area contributed by atoms with Crippen LogP contribution in [-0.4, -0.2) is 23.8 Å². The monoisotopic (exact) mass is 299 g/mol. The van der Waals surface area contributed by atoms with E-state index >= 15 is 0 Å². The fourth-order valence-corrected chi connectivity index (χ4v) is 1.93. The van der Waals surface area contributed by atoms with E-state index in [0.29, 0.717) is 16.0 Å². The highest BCUT2D eigenvalue weighted by molar-refractivity contribution is 9.10. The number of aromatic nitrogens is 1. The maximum atomic E-state index is 11.3. The zero-order chi connectivity index (χ0) is 12.4. The molecule has 0 fully saturated rings. The Kier molecular flexibility index (Phi) is 3.35. The van der Waals surface area contributed by atoms with Crippen molar-refractivity contribution in [2.75, 3.05) is 13.9 Å². The van der Waals surface area contributed by atoms with Gasteiger partial charge in [-0.25, -0.2) is 0 Å². The molecular formula is C11H10BrNO4. The molecule has 0 amide bonds. The van der Waals surface area contributed by atoms with Crippen molar-refractivity contribution in [2.45, 2.75) is 0 Å². The zero-order valence-electron chi connectivity index (χ0n) is 9.01. The first-order valence-electron chi connectivity index (χ1n) is 4.80. The van der Waals surface area contributed by atoms with Crippen LogP contribution in [0, 0.1) is 0 Å². The summed E-state index contributed by atoms with van der Waals surface area (Å²) < 4.78 is 11.4. The van der Waals surface area contributed by atoms with Gasteiger partial charge in [-0.3, -0.25) is 4.79 Å². The van der Waals surface area contributed by atoms with Crippen LogP contribution in [0.1, 0.15) is 0 Å². The van der Waals surface area contributed by atoms with E-state index in [1.807, 2.05) is 0 Å². The molecule has 0 atom stereocenters. The average molecular weight is 300 g/mol. The van der Waals surface area contributed by atoms with Crippen LogP contribution < -0.4 is 10.3 Å². The predicted molar refractivity (Wildman–Crippen MR) is 65.6 cm³/mol. The lowest BCUT2D eigenvalue weighted by Crippen LogP contribution is -2.16. The molecule has 1 aromatic carbocycles. The average Bonchev–Trinajstić information content (AvgIpc) is 2.32. The summed E-state index contributed by atoms with van der Waals surface area (Å²) in [5, 5.41) is 10.3. The molecule has 17 heavy (non-hydrogen) atoms. The van der Waals surface area contributed by atoms with Crippen molar-refractivity contribution in [3.05, 3.63) is 39.1 Å². The predicted octanol–water partition coefficient (Wildman–Crippen LogP) is 1.98. The molecule has 1 heterocycles. The van der Waals surface area contributed by atoms with E-state index in [4.69, 9.17) is 9.47 Å². The molecule has 0 spiro atoms. The molecule has 0 aliphatic carbocycles. The molecule has 0 saturated heterocycles. The number of halogens is 1. The Hall–Kier alpha value is -1.53. The van der Waals surface area contributed by atoms with Gasteiger partial charge in [0.1, 0.15) is 5.75 Å². The highest BCUT2D eigenvalue weighted by Gasteiger charge is 2.07. The van der Waals surface area contributed by atoms with Crippen molar-refractivity contribution in [3.63, 3.8) is 0 Å². The topological polar surface area (TPSA) is 60.7 Å². The van der Waals surface area contributed by atoms with E-state index in [9.17, 15) is 10.0 Å². The van der Waals surface area contributed by atoms with Gasteiger partial charge in [-0.2, -0.15) is 0 Å². The van der Waals surface area contributed by atoms with Crippen LogP contribution in [-0.2, 0) is 4.74 Å².